The Bertz CT molecular complexity index is 1540. The first kappa shape index (κ1) is 34.2. The average Bonchev–Trinajstić information content (AvgIpc) is 2.90. The van der Waals surface area contributed by atoms with E-state index in [1.165, 1.54) is 13.0 Å². The monoisotopic (exact) mass is 656 g/mol. The third-order valence-electron chi connectivity index (χ3n) is 7.67. The molecule has 0 saturated heterocycles. The molecule has 6 atom stereocenters. The molecule has 2 aromatic carbocycles. The molecule has 3 unspecified atom stereocenters. The number of benzene rings is 2. The Morgan fingerprint density at radius 3 is 2.24 bits per heavy atom. The quantitative estimate of drug-likeness (QED) is 0.243. The lowest BCUT2D eigenvalue weighted by Gasteiger charge is -2.50. The number of rotatable bonds is 10. The van der Waals surface area contributed by atoms with Gasteiger partial charge in [0.1, 0.15) is 6.10 Å². The summed E-state index contributed by atoms with van der Waals surface area (Å²) in [7, 11) is -7.97. The van der Waals surface area contributed by atoms with Crippen LogP contribution >= 0.6 is 11.6 Å². The second kappa shape index (κ2) is 12.8. The summed E-state index contributed by atoms with van der Waals surface area (Å²) < 4.78 is 92.8. The van der Waals surface area contributed by atoms with Gasteiger partial charge in [0.05, 0.1) is 33.1 Å². The number of sulfone groups is 1. The maximum Gasteiger partial charge on any atom is 0.255 e. The molecule has 16 heteroatoms. The normalized spacial score (nSPS) is 24.7. The minimum Gasteiger partial charge on any atom is -0.389 e. The average molecular weight is 657 g/mol. The van der Waals surface area contributed by atoms with Gasteiger partial charge in [0.2, 0.25) is 10.0 Å². The van der Waals surface area contributed by atoms with Gasteiger partial charge >= 0.3 is 0 Å². The number of halogens is 4. The molecular formula is C26H32ClF3N2O8S2. The molecule has 0 bridgehead atoms. The standard InChI is InChI=1S/C26H32ClF3N2O8S2/c1-4-15-9-17(7-13(2)26(15,36)24(34)21(33)12-31-41(3,37)38)42(39,40)22-8-14(5-6-18(22)27)25(35)32-16-10-19(28)23(30)20(29)11-16/h5-6,8,10-11,13,15,17,21,24,31,33-34,36H,4,7,9,12H2,1-3H3,(H,32,35)/t13-,15?,17-,21?,24?,26-/m0/s1. The summed E-state index contributed by atoms with van der Waals surface area (Å²) in [6.07, 6.45) is -2.80. The van der Waals surface area contributed by atoms with Gasteiger partial charge in [-0.2, -0.15) is 0 Å². The maximum atomic E-state index is 13.8. The zero-order valence-corrected chi connectivity index (χ0v) is 25.2. The number of amides is 1. The van der Waals surface area contributed by atoms with Gasteiger partial charge in [-0.1, -0.05) is 31.9 Å². The highest BCUT2D eigenvalue weighted by molar-refractivity contribution is 7.92. The number of hydrogen-bond acceptors (Lipinski definition) is 8. The van der Waals surface area contributed by atoms with Crippen molar-refractivity contribution < 1.29 is 50.1 Å². The number of carbonyl (C=O) groups is 1. The lowest BCUT2D eigenvalue weighted by atomic mass is 9.64. The van der Waals surface area contributed by atoms with E-state index in [-0.39, 0.29) is 29.8 Å². The minimum absolute atomic E-state index is 0.163. The van der Waals surface area contributed by atoms with E-state index in [9.17, 15) is 50.1 Å². The Morgan fingerprint density at radius 2 is 1.69 bits per heavy atom. The van der Waals surface area contributed by atoms with Crippen LogP contribution in [0.15, 0.2) is 35.2 Å². The van der Waals surface area contributed by atoms with Crippen molar-refractivity contribution in [3.05, 3.63) is 58.4 Å². The fourth-order valence-corrected chi connectivity index (χ4v) is 8.33. The van der Waals surface area contributed by atoms with E-state index in [0.717, 1.165) is 18.4 Å². The molecule has 1 amide bonds. The van der Waals surface area contributed by atoms with Crippen molar-refractivity contribution in [2.24, 2.45) is 11.8 Å². The Balaban J connectivity index is 1.88. The first-order valence-corrected chi connectivity index (χ1v) is 16.7. The molecule has 0 aromatic heterocycles. The van der Waals surface area contributed by atoms with Crippen molar-refractivity contribution in [3.8, 4) is 0 Å². The van der Waals surface area contributed by atoms with Crippen LogP contribution in [0, 0.1) is 29.3 Å². The van der Waals surface area contributed by atoms with Crippen molar-refractivity contribution in [2.75, 3.05) is 18.1 Å². The third kappa shape index (κ3) is 7.09. The van der Waals surface area contributed by atoms with Gasteiger partial charge in [0.15, 0.2) is 27.3 Å². The molecule has 5 N–H and O–H groups in total. The van der Waals surface area contributed by atoms with Crippen LogP contribution in [0.2, 0.25) is 5.02 Å². The predicted octanol–water partition coefficient (Wildman–Crippen LogP) is 2.61. The van der Waals surface area contributed by atoms with Crippen LogP contribution in [0.4, 0.5) is 18.9 Å². The summed E-state index contributed by atoms with van der Waals surface area (Å²) in [5.41, 5.74) is -2.60. The molecule has 1 aliphatic carbocycles. The van der Waals surface area contributed by atoms with E-state index >= 15 is 0 Å². The van der Waals surface area contributed by atoms with E-state index in [1.807, 2.05) is 0 Å². The highest BCUT2D eigenvalue weighted by Gasteiger charge is 2.55. The second-order valence-electron chi connectivity index (χ2n) is 10.5. The van der Waals surface area contributed by atoms with Gasteiger partial charge in [-0.25, -0.2) is 34.7 Å². The highest BCUT2D eigenvalue weighted by atomic mass is 35.5. The molecule has 0 heterocycles. The molecule has 0 aliphatic heterocycles. The van der Waals surface area contributed by atoms with Gasteiger partial charge in [0.25, 0.3) is 5.91 Å². The van der Waals surface area contributed by atoms with Crippen LogP contribution < -0.4 is 10.0 Å². The van der Waals surface area contributed by atoms with Gasteiger partial charge in [0, 0.05) is 29.9 Å². The number of hydrogen-bond donors (Lipinski definition) is 5. The zero-order chi connectivity index (χ0) is 31.8. The number of anilines is 1. The maximum absolute atomic E-state index is 13.8. The molecule has 1 fully saturated rings. The van der Waals surface area contributed by atoms with E-state index in [4.69, 9.17) is 11.6 Å². The summed E-state index contributed by atoms with van der Waals surface area (Å²) >= 11 is 6.22. The molecule has 0 radical (unpaired) electrons. The van der Waals surface area contributed by atoms with E-state index in [0.29, 0.717) is 12.1 Å². The molecule has 10 nitrogen and oxygen atoms in total. The molecule has 234 valence electrons. The molecule has 42 heavy (non-hydrogen) atoms. The lowest BCUT2D eigenvalue weighted by Crippen LogP contribution is -2.63. The first-order chi connectivity index (χ1) is 19.3. The zero-order valence-electron chi connectivity index (χ0n) is 22.8. The Kier molecular flexibility index (Phi) is 10.4. The second-order valence-corrected chi connectivity index (χ2v) is 15.0. The molecular weight excluding hydrogens is 625 g/mol. The van der Waals surface area contributed by atoms with Crippen LogP contribution in [-0.2, 0) is 19.9 Å². The van der Waals surface area contributed by atoms with Gasteiger partial charge in [-0.3, -0.25) is 4.79 Å². The Morgan fingerprint density at radius 1 is 1.10 bits per heavy atom. The topological polar surface area (TPSA) is 170 Å². The largest absolute Gasteiger partial charge is 0.389 e. The van der Waals surface area contributed by atoms with E-state index in [1.54, 1.807) is 6.92 Å². The number of aliphatic hydroxyl groups is 3. The summed E-state index contributed by atoms with van der Waals surface area (Å²) in [6.45, 7) is 2.58. The van der Waals surface area contributed by atoms with E-state index in [2.05, 4.69) is 10.0 Å². The van der Waals surface area contributed by atoms with Gasteiger partial charge in [-0.15, -0.1) is 0 Å². The summed E-state index contributed by atoms with van der Waals surface area (Å²) in [5.74, 6) is -7.49. The molecule has 3 rings (SSSR count). The predicted molar refractivity (Wildman–Crippen MR) is 149 cm³/mol. The fraction of sp³-hybridized carbons (Fsp3) is 0.500. The number of aliphatic hydroxyl groups excluding tert-OH is 2. The lowest BCUT2D eigenvalue weighted by molar-refractivity contribution is -0.191. The van der Waals surface area contributed by atoms with Crippen molar-refractivity contribution in [3.63, 3.8) is 0 Å². The van der Waals surface area contributed by atoms with Crippen LogP contribution in [-0.4, -0.2) is 73.9 Å². The Hall–Kier alpha value is -2.27. The van der Waals surface area contributed by atoms with Crippen molar-refractivity contribution in [2.45, 2.75) is 61.1 Å². The van der Waals surface area contributed by atoms with Gasteiger partial charge in [-0.05, 0) is 42.9 Å². The number of nitrogens with one attached hydrogen (secondary N) is 2. The fourth-order valence-electron chi connectivity index (χ4n) is 5.40. The number of carbonyl (C=O) groups excluding carboxylic acids is 1. The Labute approximate surface area is 246 Å². The SMILES string of the molecule is CCC1C[C@@H](S(=O)(=O)c2cc(C(=O)Nc3cc(F)c(F)c(F)c3)ccc2Cl)C[C@H](C)[C@@]1(O)C(O)C(O)CNS(C)(=O)=O. The van der Waals surface area contributed by atoms with Crippen LogP contribution in [0.3, 0.4) is 0 Å². The number of sulfonamides is 1. The van der Waals surface area contributed by atoms with Gasteiger partial charge < -0.3 is 20.6 Å². The minimum atomic E-state index is -4.27. The van der Waals surface area contributed by atoms with Crippen LogP contribution in [0.5, 0.6) is 0 Å². The third-order valence-corrected chi connectivity index (χ3v) is 11.0. The molecule has 1 saturated carbocycles. The summed E-state index contributed by atoms with van der Waals surface area (Å²) in [4.78, 5) is 12.3. The first-order valence-electron chi connectivity index (χ1n) is 12.8. The van der Waals surface area contributed by atoms with Crippen molar-refractivity contribution in [1.29, 1.82) is 0 Å². The van der Waals surface area contributed by atoms with Crippen molar-refractivity contribution in [1.82, 2.24) is 4.72 Å². The molecule has 0 spiro atoms. The summed E-state index contributed by atoms with van der Waals surface area (Å²) in [6, 6.07) is 4.45. The smallest absolute Gasteiger partial charge is 0.255 e. The summed E-state index contributed by atoms with van der Waals surface area (Å²) in [5, 5.41) is 33.7. The van der Waals surface area contributed by atoms with Crippen molar-refractivity contribution >= 4 is 43.1 Å². The highest BCUT2D eigenvalue weighted by Crippen LogP contribution is 2.46. The van der Waals surface area contributed by atoms with E-state index < -0.39 is 95.2 Å². The molecule has 1 aliphatic rings. The molecule has 2 aromatic rings. The van der Waals surface area contributed by atoms with Crippen LogP contribution in [0.25, 0.3) is 0 Å². The van der Waals surface area contributed by atoms with Crippen LogP contribution in [0.1, 0.15) is 43.5 Å².